The van der Waals surface area contributed by atoms with E-state index in [9.17, 15) is 4.79 Å². The van der Waals surface area contributed by atoms with Crippen LogP contribution in [0.25, 0.3) is 0 Å². The van der Waals surface area contributed by atoms with Gasteiger partial charge in [0, 0.05) is 13.1 Å². The smallest absolute Gasteiger partial charge is 0.256 e. The van der Waals surface area contributed by atoms with E-state index in [1.54, 1.807) is 23.1 Å². The van der Waals surface area contributed by atoms with E-state index in [1.807, 2.05) is 13.0 Å². The molecule has 1 rings (SSSR count). The number of nitrogens with zero attached hydrogens (tertiary/aromatic N) is 2. The molecule has 0 saturated carbocycles. The average Bonchev–Trinajstić information content (AvgIpc) is 2.39. The zero-order valence-corrected chi connectivity index (χ0v) is 10.6. The van der Waals surface area contributed by atoms with E-state index < -0.39 is 0 Å². The van der Waals surface area contributed by atoms with Crippen LogP contribution in [0.2, 0.25) is 0 Å². The molecule has 0 aliphatic carbocycles. The fourth-order valence-corrected chi connectivity index (χ4v) is 1.67. The van der Waals surface area contributed by atoms with Gasteiger partial charge in [0.25, 0.3) is 5.91 Å². The Kier molecular flexibility index (Phi) is 5.00. The van der Waals surface area contributed by atoms with Gasteiger partial charge in [-0.05, 0) is 19.1 Å². The molecule has 0 aliphatic heterocycles. The quantitative estimate of drug-likeness (QED) is 0.802. The first-order valence-corrected chi connectivity index (χ1v) is 5.74. The zero-order chi connectivity index (χ0) is 13.5. The van der Waals surface area contributed by atoms with E-state index in [1.165, 1.54) is 7.11 Å². The maximum atomic E-state index is 12.3. The van der Waals surface area contributed by atoms with Gasteiger partial charge < -0.3 is 15.4 Å². The topological polar surface area (TPSA) is 79.3 Å². The van der Waals surface area contributed by atoms with E-state index in [0.29, 0.717) is 36.5 Å². The number of carbonyl (C=O) groups is 1. The molecule has 0 bridgehead atoms. The summed E-state index contributed by atoms with van der Waals surface area (Å²) in [5, 5.41) is 8.57. The third-order valence-corrected chi connectivity index (χ3v) is 2.68. The van der Waals surface area contributed by atoms with Gasteiger partial charge in [-0.3, -0.25) is 4.79 Å². The van der Waals surface area contributed by atoms with Crippen molar-refractivity contribution in [3.8, 4) is 11.8 Å². The number of para-hydroxylation sites is 1. The maximum Gasteiger partial charge on any atom is 0.256 e. The standard InChI is InChI=1S/C13H17N3O2/c1-3-16(9-5-8-14)13(17)10-6-4-7-11(18-2)12(10)15/h4,6-7H,3,5,9,15H2,1-2H3. The lowest BCUT2D eigenvalue weighted by Gasteiger charge is -2.20. The predicted octanol–water partition coefficient (Wildman–Crippen LogP) is 1.65. The summed E-state index contributed by atoms with van der Waals surface area (Å²) in [4.78, 5) is 13.8. The molecule has 0 aromatic heterocycles. The lowest BCUT2D eigenvalue weighted by Crippen LogP contribution is -2.32. The van der Waals surface area contributed by atoms with E-state index in [4.69, 9.17) is 15.7 Å². The van der Waals surface area contributed by atoms with Gasteiger partial charge in [0.2, 0.25) is 0 Å². The highest BCUT2D eigenvalue weighted by atomic mass is 16.5. The summed E-state index contributed by atoms with van der Waals surface area (Å²) in [5.41, 5.74) is 6.62. The Morgan fingerprint density at radius 2 is 2.28 bits per heavy atom. The maximum absolute atomic E-state index is 12.3. The van der Waals surface area contributed by atoms with Crippen LogP contribution in [0.3, 0.4) is 0 Å². The molecule has 18 heavy (non-hydrogen) atoms. The third kappa shape index (κ3) is 2.92. The number of carbonyl (C=O) groups excluding carboxylic acids is 1. The highest BCUT2D eigenvalue weighted by Crippen LogP contribution is 2.25. The van der Waals surface area contributed by atoms with Crippen LogP contribution in [-0.4, -0.2) is 31.0 Å². The fourth-order valence-electron chi connectivity index (χ4n) is 1.67. The van der Waals surface area contributed by atoms with Crippen LogP contribution in [-0.2, 0) is 0 Å². The second kappa shape index (κ2) is 6.50. The van der Waals surface area contributed by atoms with Crippen molar-refractivity contribution >= 4 is 11.6 Å². The highest BCUT2D eigenvalue weighted by Gasteiger charge is 2.18. The molecule has 0 fully saturated rings. The molecule has 0 saturated heterocycles. The third-order valence-electron chi connectivity index (χ3n) is 2.68. The van der Waals surface area contributed by atoms with Gasteiger partial charge in [-0.15, -0.1) is 0 Å². The molecule has 5 nitrogen and oxygen atoms in total. The first-order valence-electron chi connectivity index (χ1n) is 5.74. The van der Waals surface area contributed by atoms with Crippen molar-refractivity contribution in [2.75, 3.05) is 25.9 Å². The van der Waals surface area contributed by atoms with Crippen molar-refractivity contribution in [3.63, 3.8) is 0 Å². The first kappa shape index (κ1) is 13.8. The molecule has 0 atom stereocenters. The molecule has 1 aromatic rings. The van der Waals surface area contributed by atoms with Gasteiger partial charge >= 0.3 is 0 Å². The molecule has 2 N–H and O–H groups in total. The minimum absolute atomic E-state index is 0.177. The number of hydrogen-bond acceptors (Lipinski definition) is 4. The summed E-state index contributed by atoms with van der Waals surface area (Å²) in [6, 6.07) is 7.12. The SMILES string of the molecule is CCN(CCC#N)C(=O)c1cccc(OC)c1N. The molecule has 0 radical (unpaired) electrons. The Morgan fingerprint density at radius 3 is 2.83 bits per heavy atom. The molecule has 0 unspecified atom stereocenters. The summed E-state index contributed by atoms with van der Waals surface area (Å²) in [6.07, 6.45) is 0.309. The largest absolute Gasteiger partial charge is 0.495 e. The Hall–Kier alpha value is -2.22. The summed E-state index contributed by atoms with van der Waals surface area (Å²) in [5.74, 6) is 0.307. The molecule has 1 amide bonds. The molecular formula is C13H17N3O2. The molecule has 0 heterocycles. The highest BCUT2D eigenvalue weighted by molar-refractivity contribution is 6.00. The summed E-state index contributed by atoms with van der Waals surface area (Å²) in [7, 11) is 1.51. The molecule has 96 valence electrons. The molecular weight excluding hydrogens is 230 g/mol. The van der Waals surface area contributed by atoms with Crippen molar-refractivity contribution in [2.24, 2.45) is 0 Å². The first-order chi connectivity index (χ1) is 8.65. The van der Waals surface area contributed by atoms with E-state index in [0.717, 1.165) is 0 Å². The van der Waals surface area contributed by atoms with E-state index in [-0.39, 0.29) is 5.91 Å². The lowest BCUT2D eigenvalue weighted by molar-refractivity contribution is 0.0768. The molecule has 1 aromatic carbocycles. The second-order valence-electron chi connectivity index (χ2n) is 3.71. The van der Waals surface area contributed by atoms with Crippen LogP contribution in [0.5, 0.6) is 5.75 Å². The van der Waals surface area contributed by atoms with Gasteiger partial charge in [0.1, 0.15) is 5.75 Å². The van der Waals surface area contributed by atoms with E-state index >= 15 is 0 Å². The number of benzene rings is 1. The number of anilines is 1. The molecule has 5 heteroatoms. The van der Waals surface area contributed by atoms with Gasteiger partial charge in [0.05, 0.1) is 30.9 Å². The number of rotatable bonds is 5. The van der Waals surface area contributed by atoms with Crippen LogP contribution >= 0.6 is 0 Å². The number of ether oxygens (including phenoxy) is 1. The Morgan fingerprint density at radius 1 is 1.56 bits per heavy atom. The van der Waals surface area contributed by atoms with Crippen molar-refractivity contribution < 1.29 is 9.53 Å². The Bertz CT molecular complexity index is 466. The van der Waals surface area contributed by atoms with Gasteiger partial charge in [-0.25, -0.2) is 0 Å². The van der Waals surface area contributed by atoms with Crippen molar-refractivity contribution in [1.82, 2.24) is 4.90 Å². The number of amides is 1. The molecule has 0 aliphatic rings. The van der Waals surface area contributed by atoms with Gasteiger partial charge in [-0.2, -0.15) is 5.26 Å². The minimum atomic E-state index is -0.177. The zero-order valence-electron chi connectivity index (χ0n) is 10.6. The normalized spacial score (nSPS) is 9.61. The van der Waals surface area contributed by atoms with Crippen LogP contribution in [0.4, 0.5) is 5.69 Å². The van der Waals surface area contributed by atoms with E-state index in [2.05, 4.69) is 0 Å². The van der Waals surface area contributed by atoms with Crippen LogP contribution in [0, 0.1) is 11.3 Å². The van der Waals surface area contributed by atoms with Crippen LogP contribution < -0.4 is 10.5 Å². The second-order valence-corrected chi connectivity index (χ2v) is 3.71. The average molecular weight is 247 g/mol. The van der Waals surface area contributed by atoms with Crippen LogP contribution in [0.15, 0.2) is 18.2 Å². The number of nitrogen functional groups attached to an aromatic ring is 1. The summed E-state index contributed by atoms with van der Waals surface area (Å²) >= 11 is 0. The summed E-state index contributed by atoms with van der Waals surface area (Å²) in [6.45, 7) is 2.81. The number of nitrogens with two attached hydrogens (primary N) is 1. The van der Waals surface area contributed by atoms with Crippen molar-refractivity contribution in [2.45, 2.75) is 13.3 Å². The molecule has 0 spiro atoms. The Balaban J connectivity index is 2.99. The number of hydrogen-bond donors (Lipinski definition) is 1. The van der Waals surface area contributed by atoms with Crippen molar-refractivity contribution in [3.05, 3.63) is 23.8 Å². The predicted molar refractivity (Wildman–Crippen MR) is 69.2 cm³/mol. The monoisotopic (exact) mass is 247 g/mol. The van der Waals surface area contributed by atoms with Crippen molar-refractivity contribution in [1.29, 1.82) is 5.26 Å². The summed E-state index contributed by atoms with van der Waals surface area (Å²) < 4.78 is 5.08. The lowest BCUT2D eigenvalue weighted by atomic mass is 10.1. The Labute approximate surface area is 107 Å². The minimum Gasteiger partial charge on any atom is -0.495 e. The van der Waals surface area contributed by atoms with Gasteiger partial charge in [0.15, 0.2) is 0 Å². The van der Waals surface area contributed by atoms with Gasteiger partial charge in [-0.1, -0.05) is 6.07 Å². The fraction of sp³-hybridized carbons (Fsp3) is 0.385. The number of nitriles is 1. The number of methoxy groups -OCH3 is 1. The van der Waals surface area contributed by atoms with Crippen LogP contribution in [0.1, 0.15) is 23.7 Å².